The number of aromatic nitrogens is 1. The summed E-state index contributed by atoms with van der Waals surface area (Å²) in [5.74, 6) is -0.351. The number of nitro benzene ring substituents is 1. The molecule has 0 radical (unpaired) electrons. The summed E-state index contributed by atoms with van der Waals surface area (Å²) in [4.78, 5) is 26.6. The summed E-state index contributed by atoms with van der Waals surface area (Å²) in [6.07, 6.45) is 2.68. The van der Waals surface area contributed by atoms with Crippen LogP contribution in [-0.4, -0.2) is 20.8 Å². The number of non-ortho nitro benzene ring substituents is 1. The summed E-state index contributed by atoms with van der Waals surface area (Å²) in [5, 5.41) is 30.3. The van der Waals surface area contributed by atoms with Crippen LogP contribution in [-0.2, 0) is 6.54 Å². The molecule has 0 saturated heterocycles. The fourth-order valence-electron chi connectivity index (χ4n) is 2.25. The molecule has 8 nitrogen and oxygen atoms in total. The van der Waals surface area contributed by atoms with Gasteiger partial charge in [-0.25, -0.2) is 0 Å². The lowest BCUT2D eigenvalue weighted by molar-refractivity contribution is -0.384. The first-order chi connectivity index (χ1) is 11.9. The van der Waals surface area contributed by atoms with E-state index in [4.69, 9.17) is 0 Å². The van der Waals surface area contributed by atoms with E-state index in [2.05, 4.69) is 11.6 Å². The largest absolute Gasteiger partial charge is 0.494 e. The fourth-order valence-corrected chi connectivity index (χ4v) is 2.25. The van der Waals surface area contributed by atoms with Gasteiger partial charge in [-0.2, -0.15) is 5.26 Å². The molecule has 1 aromatic carbocycles. The summed E-state index contributed by atoms with van der Waals surface area (Å²) in [6, 6.07) is 7.47. The number of hydrogen-bond donors (Lipinski definition) is 1. The molecule has 0 aliphatic rings. The molecular weight excluding hydrogens is 324 g/mol. The van der Waals surface area contributed by atoms with Gasteiger partial charge in [0, 0.05) is 24.9 Å². The van der Waals surface area contributed by atoms with Crippen molar-refractivity contribution in [3.05, 3.63) is 74.1 Å². The highest BCUT2D eigenvalue weighted by molar-refractivity contribution is 5.87. The van der Waals surface area contributed by atoms with E-state index < -0.39 is 10.5 Å². The Labute approximate surface area is 142 Å². The summed E-state index contributed by atoms with van der Waals surface area (Å²) in [5.41, 5.74) is -0.0908. The molecule has 0 atom stereocenters. The number of nitro groups is 1. The van der Waals surface area contributed by atoms with Crippen LogP contribution in [0.1, 0.15) is 16.7 Å². The van der Waals surface area contributed by atoms with E-state index in [0.29, 0.717) is 5.69 Å². The number of pyridine rings is 1. The van der Waals surface area contributed by atoms with Crippen LogP contribution in [0.2, 0.25) is 0 Å². The lowest BCUT2D eigenvalue weighted by atomic mass is 10.1. The maximum absolute atomic E-state index is 12.2. The minimum absolute atomic E-state index is 0.0251. The molecule has 1 heterocycles. The van der Waals surface area contributed by atoms with E-state index >= 15 is 0 Å². The topological polar surface area (TPSA) is 122 Å². The average molecular weight is 338 g/mol. The van der Waals surface area contributed by atoms with Gasteiger partial charge in [0.15, 0.2) is 0 Å². The second-order valence-electron chi connectivity index (χ2n) is 5.09. The first-order valence-corrected chi connectivity index (χ1v) is 7.16. The normalized spacial score (nSPS) is 10.6. The van der Waals surface area contributed by atoms with E-state index in [1.807, 2.05) is 6.07 Å². The number of aromatic hydroxyl groups is 1. The van der Waals surface area contributed by atoms with Crippen molar-refractivity contribution >= 4 is 17.6 Å². The monoisotopic (exact) mass is 338 g/mol. The Balaban J connectivity index is 2.60. The third kappa shape index (κ3) is 3.45. The third-order valence-corrected chi connectivity index (χ3v) is 3.54. The molecule has 0 unspecified atom stereocenters. The SMILES string of the molecule is C=CCn1c(O)c(C=Nc2cccc([N+](=O)[O-])c2)c(C)c(C#N)c1=O. The number of aliphatic imine (C=N–C) groups is 1. The number of allylic oxidation sites excluding steroid dienone is 1. The Kier molecular flexibility index (Phi) is 5.09. The van der Waals surface area contributed by atoms with E-state index in [1.165, 1.54) is 37.4 Å². The zero-order valence-corrected chi connectivity index (χ0v) is 13.3. The molecule has 1 aromatic heterocycles. The van der Waals surface area contributed by atoms with Crippen molar-refractivity contribution < 1.29 is 10.0 Å². The van der Waals surface area contributed by atoms with Gasteiger partial charge in [0.25, 0.3) is 11.2 Å². The van der Waals surface area contributed by atoms with Crippen LogP contribution in [0.15, 0.2) is 46.7 Å². The van der Waals surface area contributed by atoms with Crippen LogP contribution in [0.3, 0.4) is 0 Å². The van der Waals surface area contributed by atoms with Gasteiger partial charge in [-0.3, -0.25) is 24.5 Å². The van der Waals surface area contributed by atoms with Gasteiger partial charge in [-0.05, 0) is 18.6 Å². The molecule has 2 aromatic rings. The Hall–Kier alpha value is -3.73. The molecule has 0 amide bonds. The Morgan fingerprint density at radius 3 is 2.84 bits per heavy atom. The van der Waals surface area contributed by atoms with Gasteiger partial charge in [0.2, 0.25) is 5.88 Å². The van der Waals surface area contributed by atoms with Crippen molar-refractivity contribution in [2.24, 2.45) is 4.99 Å². The second-order valence-corrected chi connectivity index (χ2v) is 5.09. The lowest BCUT2D eigenvalue weighted by Crippen LogP contribution is -2.24. The fraction of sp³-hybridized carbons (Fsp3) is 0.118. The van der Waals surface area contributed by atoms with Crippen LogP contribution < -0.4 is 5.56 Å². The number of benzene rings is 1. The lowest BCUT2D eigenvalue weighted by Gasteiger charge is -2.12. The van der Waals surface area contributed by atoms with Crippen molar-refractivity contribution in [3.63, 3.8) is 0 Å². The van der Waals surface area contributed by atoms with E-state index in [9.17, 15) is 25.3 Å². The van der Waals surface area contributed by atoms with Crippen molar-refractivity contribution in [1.29, 1.82) is 5.26 Å². The number of nitriles is 1. The molecular formula is C17H14N4O4. The highest BCUT2D eigenvalue weighted by Crippen LogP contribution is 2.23. The molecule has 0 saturated carbocycles. The maximum atomic E-state index is 12.2. The standard InChI is InChI=1S/C17H14N4O4/c1-3-7-20-16(22)14(9-18)11(2)15(17(20)23)10-19-12-5-4-6-13(8-12)21(24)25/h3-6,8,10,23H,1,7H2,2H3. The first kappa shape index (κ1) is 17.6. The van der Waals surface area contributed by atoms with Gasteiger partial charge in [0.05, 0.1) is 16.2 Å². The third-order valence-electron chi connectivity index (χ3n) is 3.54. The van der Waals surface area contributed by atoms with E-state index in [1.54, 1.807) is 6.07 Å². The molecule has 25 heavy (non-hydrogen) atoms. The van der Waals surface area contributed by atoms with Gasteiger partial charge in [-0.15, -0.1) is 6.58 Å². The van der Waals surface area contributed by atoms with Crippen LogP contribution in [0, 0.1) is 28.4 Å². The van der Waals surface area contributed by atoms with Gasteiger partial charge in [-0.1, -0.05) is 12.1 Å². The molecule has 0 bridgehead atoms. The van der Waals surface area contributed by atoms with Crippen LogP contribution in [0.4, 0.5) is 11.4 Å². The maximum Gasteiger partial charge on any atom is 0.271 e. The highest BCUT2D eigenvalue weighted by atomic mass is 16.6. The predicted molar refractivity (Wildman–Crippen MR) is 92.4 cm³/mol. The molecule has 0 aliphatic heterocycles. The predicted octanol–water partition coefficient (Wildman–Crippen LogP) is 2.58. The first-order valence-electron chi connectivity index (χ1n) is 7.16. The number of hydrogen-bond acceptors (Lipinski definition) is 6. The molecule has 2 rings (SSSR count). The van der Waals surface area contributed by atoms with Gasteiger partial charge < -0.3 is 5.11 Å². The molecule has 0 aliphatic carbocycles. The van der Waals surface area contributed by atoms with Crippen LogP contribution in [0.5, 0.6) is 5.88 Å². The number of rotatable bonds is 5. The summed E-state index contributed by atoms with van der Waals surface area (Å²) in [6.45, 7) is 5.06. The zero-order chi connectivity index (χ0) is 18.6. The summed E-state index contributed by atoms with van der Waals surface area (Å²) in [7, 11) is 0. The quantitative estimate of drug-likeness (QED) is 0.388. The van der Waals surface area contributed by atoms with Crippen molar-refractivity contribution in [2.45, 2.75) is 13.5 Å². The van der Waals surface area contributed by atoms with Crippen molar-refractivity contribution in [2.75, 3.05) is 0 Å². The molecule has 0 fully saturated rings. The molecule has 8 heteroatoms. The van der Waals surface area contributed by atoms with Crippen molar-refractivity contribution in [3.8, 4) is 11.9 Å². The van der Waals surface area contributed by atoms with E-state index in [0.717, 1.165) is 4.57 Å². The average Bonchev–Trinajstić information content (AvgIpc) is 2.59. The molecule has 1 N–H and O–H groups in total. The minimum Gasteiger partial charge on any atom is -0.494 e. The highest BCUT2D eigenvalue weighted by Gasteiger charge is 2.17. The van der Waals surface area contributed by atoms with Crippen molar-refractivity contribution in [1.82, 2.24) is 4.57 Å². The van der Waals surface area contributed by atoms with Gasteiger partial charge in [0.1, 0.15) is 11.6 Å². The Morgan fingerprint density at radius 2 is 2.24 bits per heavy atom. The zero-order valence-electron chi connectivity index (χ0n) is 13.3. The second kappa shape index (κ2) is 7.23. The minimum atomic E-state index is -0.620. The summed E-state index contributed by atoms with van der Waals surface area (Å²) >= 11 is 0. The Morgan fingerprint density at radius 1 is 1.52 bits per heavy atom. The van der Waals surface area contributed by atoms with E-state index in [-0.39, 0.29) is 34.8 Å². The Bertz CT molecular complexity index is 983. The summed E-state index contributed by atoms with van der Waals surface area (Å²) < 4.78 is 1.01. The van der Waals surface area contributed by atoms with Crippen LogP contribution >= 0.6 is 0 Å². The molecule has 126 valence electrons. The van der Waals surface area contributed by atoms with Gasteiger partial charge >= 0.3 is 0 Å². The molecule has 0 spiro atoms. The smallest absolute Gasteiger partial charge is 0.271 e. The number of nitrogens with zero attached hydrogens (tertiary/aromatic N) is 4. The van der Waals surface area contributed by atoms with Crippen LogP contribution in [0.25, 0.3) is 0 Å².